The van der Waals surface area contributed by atoms with Gasteiger partial charge in [0.1, 0.15) is 0 Å². The number of likely N-dealkylation sites (tertiary alicyclic amines) is 1. The van der Waals surface area contributed by atoms with Gasteiger partial charge < -0.3 is 16.0 Å². The number of hydrogen-bond acceptors (Lipinski definition) is 2. The Labute approximate surface area is 141 Å². The molecule has 1 fully saturated rings. The van der Waals surface area contributed by atoms with Gasteiger partial charge in [0.15, 0.2) is 5.96 Å². The van der Waals surface area contributed by atoms with Crippen LogP contribution in [0.3, 0.4) is 0 Å². The van der Waals surface area contributed by atoms with Gasteiger partial charge in [-0.3, -0.25) is 4.99 Å². The van der Waals surface area contributed by atoms with E-state index in [-0.39, 0.29) is 0 Å². The van der Waals surface area contributed by atoms with Crippen LogP contribution in [0.25, 0.3) is 0 Å². The molecule has 4 heteroatoms. The van der Waals surface area contributed by atoms with Crippen molar-refractivity contribution in [2.24, 2.45) is 16.6 Å². The molecule has 1 aromatic rings. The normalized spacial score (nSPS) is 17.4. The van der Waals surface area contributed by atoms with E-state index in [0.717, 1.165) is 24.6 Å². The topological polar surface area (TPSA) is 53.6 Å². The van der Waals surface area contributed by atoms with E-state index < -0.39 is 0 Å². The lowest BCUT2D eigenvalue weighted by molar-refractivity contribution is 0.190. The summed E-state index contributed by atoms with van der Waals surface area (Å²) in [6.07, 6.45) is 5.01. The van der Waals surface area contributed by atoms with Crippen molar-refractivity contribution in [3.8, 4) is 0 Å². The zero-order valence-electron chi connectivity index (χ0n) is 14.9. The van der Waals surface area contributed by atoms with Crippen molar-refractivity contribution in [2.45, 2.75) is 46.5 Å². The molecule has 0 amide bonds. The number of nitrogens with one attached hydrogen (secondary N) is 1. The van der Waals surface area contributed by atoms with Gasteiger partial charge in [0.2, 0.25) is 0 Å². The summed E-state index contributed by atoms with van der Waals surface area (Å²) < 4.78 is 0. The lowest BCUT2D eigenvalue weighted by Crippen LogP contribution is -2.33. The average molecular weight is 316 g/mol. The summed E-state index contributed by atoms with van der Waals surface area (Å²) >= 11 is 0. The first kappa shape index (κ1) is 17.8. The highest BCUT2D eigenvalue weighted by Crippen LogP contribution is 2.16. The molecule has 23 heavy (non-hydrogen) atoms. The van der Waals surface area contributed by atoms with E-state index in [1.54, 1.807) is 0 Å². The number of anilines is 1. The van der Waals surface area contributed by atoms with Gasteiger partial charge in [-0.1, -0.05) is 13.0 Å². The van der Waals surface area contributed by atoms with E-state index in [0.29, 0.717) is 5.96 Å². The maximum Gasteiger partial charge on any atom is 0.193 e. The minimum Gasteiger partial charge on any atom is -0.370 e. The quantitative estimate of drug-likeness (QED) is 0.479. The predicted octanol–water partition coefficient (Wildman–Crippen LogP) is 3.54. The minimum absolute atomic E-state index is 0.514. The fourth-order valence-corrected chi connectivity index (χ4v) is 2.94. The Morgan fingerprint density at radius 2 is 1.96 bits per heavy atom. The zero-order chi connectivity index (χ0) is 16.7. The van der Waals surface area contributed by atoms with Crippen LogP contribution in [0.15, 0.2) is 23.2 Å². The Balaban J connectivity index is 1.64. The predicted molar refractivity (Wildman–Crippen MR) is 100 cm³/mol. The molecule has 2 rings (SSSR count). The lowest BCUT2D eigenvalue weighted by Gasteiger charge is -2.30. The summed E-state index contributed by atoms with van der Waals surface area (Å²) in [6.45, 7) is 11.1. The number of unbranched alkanes of at least 4 members (excludes halogenated alkanes) is 1. The number of aryl methyl sites for hydroxylation is 2. The molecular weight excluding hydrogens is 284 g/mol. The molecule has 0 unspecified atom stereocenters. The van der Waals surface area contributed by atoms with Crippen molar-refractivity contribution in [2.75, 3.05) is 31.5 Å². The average Bonchev–Trinajstić information content (AvgIpc) is 2.52. The molecule has 0 bridgehead atoms. The Morgan fingerprint density at radius 1 is 1.22 bits per heavy atom. The summed E-state index contributed by atoms with van der Waals surface area (Å²) in [5.74, 6) is 1.42. The number of nitrogens with two attached hydrogens (primary N) is 1. The van der Waals surface area contributed by atoms with Crippen LogP contribution in [0.2, 0.25) is 0 Å². The molecule has 0 saturated carbocycles. The van der Waals surface area contributed by atoms with Gasteiger partial charge in [-0.25, -0.2) is 0 Å². The third-order valence-corrected chi connectivity index (χ3v) is 4.82. The summed E-state index contributed by atoms with van der Waals surface area (Å²) in [5.41, 5.74) is 9.53. The third-order valence-electron chi connectivity index (χ3n) is 4.82. The van der Waals surface area contributed by atoms with Crippen LogP contribution in [0.5, 0.6) is 0 Å². The number of rotatable bonds is 6. The second-order valence-electron chi connectivity index (χ2n) is 6.92. The maximum atomic E-state index is 5.96. The molecule has 0 spiro atoms. The number of aliphatic imine (C=N–C) groups is 1. The standard InChI is InChI=1S/C19H32N4/c1-15-8-12-23(13-9-15)11-5-4-10-21-19(20)22-18-7-6-16(2)17(3)14-18/h6-7,14-15H,4-5,8-13H2,1-3H3,(H3,20,21,22). The lowest BCUT2D eigenvalue weighted by atomic mass is 9.99. The van der Waals surface area contributed by atoms with E-state index in [2.05, 4.69) is 48.1 Å². The minimum atomic E-state index is 0.514. The van der Waals surface area contributed by atoms with Gasteiger partial charge in [0, 0.05) is 12.2 Å². The smallest absolute Gasteiger partial charge is 0.193 e. The molecule has 0 aliphatic carbocycles. The van der Waals surface area contributed by atoms with E-state index in [1.807, 2.05) is 6.07 Å². The highest BCUT2D eigenvalue weighted by molar-refractivity contribution is 5.92. The largest absolute Gasteiger partial charge is 0.370 e. The first-order chi connectivity index (χ1) is 11.0. The number of hydrogen-bond donors (Lipinski definition) is 2. The Morgan fingerprint density at radius 3 is 2.65 bits per heavy atom. The highest BCUT2D eigenvalue weighted by atomic mass is 15.1. The second-order valence-corrected chi connectivity index (χ2v) is 6.92. The van der Waals surface area contributed by atoms with E-state index in [9.17, 15) is 0 Å². The van der Waals surface area contributed by atoms with E-state index in [1.165, 1.54) is 50.0 Å². The number of nitrogens with zero attached hydrogens (tertiary/aromatic N) is 2. The van der Waals surface area contributed by atoms with Crippen LogP contribution in [0.4, 0.5) is 5.69 Å². The van der Waals surface area contributed by atoms with Gasteiger partial charge >= 0.3 is 0 Å². The first-order valence-electron chi connectivity index (χ1n) is 8.91. The van der Waals surface area contributed by atoms with Gasteiger partial charge in [-0.05, 0) is 88.3 Å². The van der Waals surface area contributed by atoms with E-state index >= 15 is 0 Å². The molecule has 1 saturated heterocycles. The molecule has 1 aliphatic rings. The van der Waals surface area contributed by atoms with Crippen molar-refractivity contribution >= 4 is 11.6 Å². The summed E-state index contributed by atoms with van der Waals surface area (Å²) in [5, 5.41) is 3.17. The zero-order valence-corrected chi connectivity index (χ0v) is 14.9. The third kappa shape index (κ3) is 6.22. The monoisotopic (exact) mass is 316 g/mol. The highest BCUT2D eigenvalue weighted by Gasteiger charge is 2.14. The van der Waals surface area contributed by atoms with Crippen molar-refractivity contribution in [3.05, 3.63) is 29.3 Å². The van der Waals surface area contributed by atoms with Crippen LogP contribution in [-0.2, 0) is 0 Å². The number of guanidine groups is 1. The van der Waals surface area contributed by atoms with Crippen LogP contribution >= 0.6 is 0 Å². The van der Waals surface area contributed by atoms with Crippen LogP contribution in [0, 0.1) is 19.8 Å². The SMILES string of the molecule is Cc1ccc(NC(N)=NCCCCN2CCC(C)CC2)cc1C. The molecule has 4 nitrogen and oxygen atoms in total. The number of benzene rings is 1. The van der Waals surface area contributed by atoms with Crippen molar-refractivity contribution in [1.82, 2.24) is 4.90 Å². The maximum absolute atomic E-state index is 5.96. The first-order valence-corrected chi connectivity index (χ1v) is 8.91. The Hall–Kier alpha value is -1.55. The van der Waals surface area contributed by atoms with Gasteiger partial charge in [-0.15, -0.1) is 0 Å². The molecule has 1 heterocycles. The van der Waals surface area contributed by atoms with Crippen molar-refractivity contribution in [1.29, 1.82) is 0 Å². The summed E-state index contributed by atoms with van der Waals surface area (Å²) in [4.78, 5) is 7.01. The second kappa shape index (κ2) is 8.92. The van der Waals surface area contributed by atoms with Crippen LogP contribution in [-0.4, -0.2) is 37.0 Å². The molecule has 0 atom stereocenters. The summed E-state index contributed by atoms with van der Waals surface area (Å²) in [6, 6.07) is 6.25. The fraction of sp³-hybridized carbons (Fsp3) is 0.632. The van der Waals surface area contributed by atoms with Crippen molar-refractivity contribution in [3.63, 3.8) is 0 Å². The molecule has 0 radical (unpaired) electrons. The summed E-state index contributed by atoms with van der Waals surface area (Å²) in [7, 11) is 0. The van der Waals surface area contributed by atoms with E-state index in [4.69, 9.17) is 5.73 Å². The van der Waals surface area contributed by atoms with Crippen molar-refractivity contribution < 1.29 is 0 Å². The Bertz CT molecular complexity index is 516. The van der Waals surface area contributed by atoms with Gasteiger partial charge in [0.25, 0.3) is 0 Å². The fourth-order valence-electron chi connectivity index (χ4n) is 2.94. The number of piperidine rings is 1. The molecule has 128 valence electrons. The molecule has 3 N–H and O–H groups in total. The molecule has 1 aromatic carbocycles. The Kier molecular flexibility index (Phi) is 6.90. The molecule has 1 aliphatic heterocycles. The van der Waals surface area contributed by atoms with Crippen LogP contribution < -0.4 is 11.1 Å². The van der Waals surface area contributed by atoms with Crippen LogP contribution in [0.1, 0.15) is 43.7 Å². The van der Waals surface area contributed by atoms with Gasteiger partial charge in [0.05, 0.1) is 0 Å². The molecular formula is C19H32N4. The van der Waals surface area contributed by atoms with Gasteiger partial charge in [-0.2, -0.15) is 0 Å². The molecule has 0 aromatic heterocycles.